The SMILES string of the molecule is CC1=NC(C)C(=O)Nc2cc3c(cc21)OCO3. The topological polar surface area (TPSA) is 59.9 Å². The van der Waals surface area contributed by atoms with Crippen molar-refractivity contribution in [3.05, 3.63) is 17.7 Å². The minimum Gasteiger partial charge on any atom is -0.454 e. The van der Waals surface area contributed by atoms with E-state index >= 15 is 0 Å². The van der Waals surface area contributed by atoms with Crippen LogP contribution in [-0.4, -0.2) is 24.5 Å². The van der Waals surface area contributed by atoms with Crippen LogP contribution in [0.5, 0.6) is 11.5 Å². The van der Waals surface area contributed by atoms with Crippen LogP contribution in [0.1, 0.15) is 19.4 Å². The maximum atomic E-state index is 11.7. The number of nitrogens with one attached hydrogen (secondary N) is 1. The van der Waals surface area contributed by atoms with Gasteiger partial charge in [0.1, 0.15) is 6.04 Å². The fourth-order valence-electron chi connectivity index (χ4n) is 2.00. The molecule has 2 aliphatic heterocycles. The molecule has 1 aromatic carbocycles. The molecular weight excluding hydrogens is 220 g/mol. The Bertz CT molecular complexity index is 537. The monoisotopic (exact) mass is 232 g/mol. The lowest BCUT2D eigenvalue weighted by molar-refractivity contribution is -0.116. The molecule has 0 saturated heterocycles. The summed E-state index contributed by atoms with van der Waals surface area (Å²) in [6.45, 7) is 3.88. The van der Waals surface area contributed by atoms with Gasteiger partial charge < -0.3 is 14.8 Å². The first-order valence-corrected chi connectivity index (χ1v) is 5.44. The maximum absolute atomic E-state index is 11.7. The number of anilines is 1. The lowest BCUT2D eigenvalue weighted by atomic mass is 10.1. The smallest absolute Gasteiger partial charge is 0.248 e. The first-order valence-electron chi connectivity index (χ1n) is 5.44. The largest absolute Gasteiger partial charge is 0.454 e. The molecule has 17 heavy (non-hydrogen) atoms. The zero-order valence-corrected chi connectivity index (χ0v) is 9.61. The second-order valence-electron chi connectivity index (χ2n) is 4.13. The molecule has 0 aliphatic carbocycles. The van der Waals surface area contributed by atoms with E-state index < -0.39 is 0 Å². The Hall–Kier alpha value is -2.04. The number of amides is 1. The summed E-state index contributed by atoms with van der Waals surface area (Å²) in [4.78, 5) is 16.1. The standard InChI is InChI=1S/C12H12N2O3/c1-6-8-3-10-11(17-5-16-10)4-9(8)14-12(15)7(2)13-6/h3-4,7H,5H2,1-2H3,(H,14,15). The molecule has 3 rings (SSSR count). The van der Waals surface area contributed by atoms with Gasteiger partial charge in [-0.1, -0.05) is 0 Å². The number of fused-ring (bicyclic) bond motifs is 2. The quantitative estimate of drug-likeness (QED) is 0.738. The van der Waals surface area contributed by atoms with Gasteiger partial charge in [-0.2, -0.15) is 0 Å². The highest BCUT2D eigenvalue weighted by Crippen LogP contribution is 2.38. The van der Waals surface area contributed by atoms with Gasteiger partial charge in [-0.3, -0.25) is 9.79 Å². The summed E-state index contributed by atoms with van der Waals surface area (Å²) in [5, 5.41) is 2.84. The number of ether oxygens (including phenoxy) is 2. The number of hydrogen-bond donors (Lipinski definition) is 1. The zero-order valence-electron chi connectivity index (χ0n) is 9.61. The molecule has 5 heteroatoms. The van der Waals surface area contributed by atoms with Gasteiger partial charge in [0.15, 0.2) is 11.5 Å². The Morgan fingerprint density at radius 2 is 2.06 bits per heavy atom. The Morgan fingerprint density at radius 3 is 2.82 bits per heavy atom. The van der Waals surface area contributed by atoms with Crippen LogP contribution in [0.2, 0.25) is 0 Å². The minimum atomic E-state index is -0.376. The molecule has 2 aliphatic rings. The van der Waals surface area contributed by atoms with Gasteiger partial charge >= 0.3 is 0 Å². The van der Waals surface area contributed by atoms with Crippen molar-refractivity contribution in [2.45, 2.75) is 19.9 Å². The summed E-state index contributed by atoms with van der Waals surface area (Å²) in [5.41, 5.74) is 2.43. The molecule has 1 atom stereocenters. The first-order chi connectivity index (χ1) is 8.15. The van der Waals surface area contributed by atoms with Crippen LogP contribution in [0.15, 0.2) is 17.1 Å². The van der Waals surface area contributed by atoms with Crippen molar-refractivity contribution < 1.29 is 14.3 Å². The molecule has 88 valence electrons. The van der Waals surface area contributed by atoms with Crippen molar-refractivity contribution >= 4 is 17.3 Å². The van der Waals surface area contributed by atoms with E-state index in [2.05, 4.69) is 10.3 Å². The Morgan fingerprint density at radius 1 is 1.35 bits per heavy atom. The van der Waals surface area contributed by atoms with Gasteiger partial charge in [-0.15, -0.1) is 0 Å². The lowest BCUT2D eigenvalue weighted by Crippen LogP contribution is -2.22. The Labute approximate surface area is 98.4 Å². The van der Waals surface area contributed by atoms with E-state index in [4.69, 9.17) is 9.47 Å². The molecule has 0 radical (unpaired) electrons. The molecule has 0 saturated carbocycles. The molecule has 0 fully saturated rings. The second-order valence-corrected chi connectivity index (χ2v) is 4.13. The first kappa shape index (κ1) is 10.1. The normalized spacial score (nSPS) is 21.4. The molecule has 0 bridgehead atoms. The maximum Gasteiger partial charge on any atom is 0.248 e. The van der Waals surface area contributed by atoms with Crippen LogP contribution in [0, 0.1) is 0 Å². The summed E-state index contributed by atoms with van der Waals surface area (Å²) >= 11 is 0. The summed E-state index contributed by atoms with van der Waals surface area (Å²) < 4.78 is 10.6. The van der Waals surface area contributed by atoms with Crippen molar-refractivity contribution in [2.75, 3.05) is 12.1 Å². The lowest BCUT2D eigenvalue weighted by Gasteiger charge is -2.08. The van der Waals surface area contributed by atoms with Crippen LogP contribution in [0.4, 0.5) is 5.69 Å². The van der Waals surface area contributed by atoms with Crippen LogP contribution < -0.4 is 14.8 Å². The van der Waals surface area contributed by atoms with E-state index in [0.717, 1.165) is 17.0 Å². The molecule has 0 spiro atoms. The fourth-order valence-corrected chi connectivity index (χ4v) is 2.00. The molecule has 0 aromatic heterocycles. The van der Waals surface area contributed by atoms with Crippen LogP contribution in [-0.2, 0) is 4.79 Å². The highest BCUT2D eigenvalue weighted by molar-refractivity contribution is 6.11. The number of carbonyl (C=O) groups is 1. The van der Waals surface area contributed by atoms with Crippen molar-refractivity contribution in [1.29, 1.82) is 0 Å². The van der Waals surface area contributed by atoms with Crippen molar-refractivity contribution in [2.24, 2.45) is 4.99 Å². The molecule has 1 amide bonds. The van der Waals surface area contributed by atoms with E-state index in [9.17, 15) is 4.79 Å². The summed E-state index contributed by atoms with van der Waals surface area (Å²) in [7, 11) is 0. The molecule has 1 aromatic rings. The number of nitrogens with zero attached hydrogens (tertiary/aromatic N) is 1. The number of aliphatic imine (C=N–C) groups is 1. The Kier molecular flexibility index (Phi) is 2.07. The highest BCUT2D eigenvalue weighted by atomic mass is 16.7. The van der Waals surface area contributed by atoms with E-state index in [1.165, 1.54) is 0 Å². The van der Waals surface area contributed by atoms with E-state index in [1.54, 1.807) is 13.0 Å². The highest BCUT2D eigenvalue weighted by Gasteiger charge is 2.24. The number of benzene rings is 1. The third-order valence-corrected chi connectivity index (χ3v) is 2.93. The molecule has 1 N–H and O–H groups in total. The average Bonchev–Trinajstić information content (AvgIpc) is 2.70. The third-order valence-electron chi connectivity index (χ3n) is 2.93. The van der Waals surface area contributed by atoms with E-state index in [0.29, 0.717) is 11.5 Å². The number of carbonyl (C=O) groups excluding carboxylic acids is 1. The van der Waals surface area contributed by atoms with Gasteiger partial charge in [-0.25, -0.2) is 0 Å². The second kappa shape index (κ2) is 3.48. The minimum absolute atomic E-state index is 0.109. The number of rotatable bonds is 0. The Balaban J connectivity index is 2.16. The van der Waals surface area contributed by atoms with Crippen LogP contribution >= 0.6 is 0 Å². The summed E-state index contributed by atoms with van der Waals surface area (Å²) in [6, 6.07) is 3.26. The predicted octanol–water partition coefficient (Wildman–Crippen LogP) is 1.56. The van der Waals surface area contributed by atoms with Crippen molar-refractivity contribution in [3.63, 3.8) is 0 Å². The summed E-state index contributed by atoms with van der Waals surface area (Å²) in [6.07, 6.45) is 0. The van der Waals surface area contributed by atoms with Gasteiger partial charge in [0, 0.05) is 17.3 Å². The van der Waals surface area contributed by atoms with Crippen molar-refractivity contribution in [1.82, 2.24) is 0 Å². The third kappa shape index (κ3) is 1.54. The van der Waals surface area contributed by atoms with E-state index in [-0.39, 0.29) is 18.7 Å². The average molecular weight is 232 g/mol. The molecular formula is C12H12N2O3. The van der Waals surface area contributed by atoms with Crippen LogP contribution in [0.25, 0.3) is 0 Å². The van der Waals surface area contributed by atoms with Crippen molar-refractivity contribution in [3.8, 4) is 11.5 Å². The van der Waals surface area contributed by atoms with Gasteiger partial charge in [-0.05, 0) is 19.9 Å². The van der Waals surface area contributed by atoms with E-state index in [1.807, 2.05) is 13.0 Å². The summed E-state index contributed by atoms with van der Waals surface area (Å²) in [5.74, 6) is 1.25. The molecule has 2 heterocycles. The zero-order chi connectivity index (χ0) is 12.0. The van der Waals surface area contributed by atoms with Gasteiger partial charge in [0.05, 0.1) is 5.69 Å². The fraction of sp³-hybridized carbons (Fsp3) is 0.333. The van der Waals surface area contributed by atoms with Crippen LogP contribution in [0.3, 0.4) is 0 Å². The van der Waals surface area contributed by atoms with Gasteiger partial charge in [0.2, 0.25) is 12.7 Å². The molecule has 5 nitrogen and oxygen atoms in total. The van der Waals surface area contributed by atoms with Gasteiger partial charge in [0.25, 0.3) is 0 Å². The predicted molar refractivity (Wildman–Crippen MR) is 62.9 cm³/mol. The number of hydrogen-bond acceptors (Lipinski definition) is 4. The molecule has 1 unspecified atom stereocenters.